The van der Waals surface area contributed by atoms with Crippen LogP contribution in [0.1, 0.15) is 41.5 Å². The second-order valence-corrected chi connectivity index (χ2v) is 8.30. The van der Waals surface area contributed by atoms with Gasteiger partial charge >= 0.3 is 0 Å². The summed E-state index contributed by atoms with van der Waals surface area (Å²) in [5.41, 5.74) is 6.47. The summed E-state index contributed by atoms with van der Waals surface area (Å²) in [5.74, 6) is -2.97. The second kappa shape index (κ2) is 6.76. The van der Waals surface area contributed by atoms with Crippen LogP contribution in [0.15, 0.2) is 35.3 Å². The summed E-state index contributed by atoms with van der Waals surface area (Å²) in [6.45, 7) is 0.641. The molecule has 0 radical (unpaired) electrons. The number of nitrogens with one attached hydrogen (secondary N) is 1. The molecule has 2 aliphatic rings. The van der Waals surface area contributed by atoms with Gasteiger partial charge in [0.1, 0.15) is 5.69 Å². The Kier molecular flexibility index (Phi) is 4.25. The molecule has 7 nitrogen and oxygen atoms in total. The van der Waals surface area contributed by atoms with Gasteiger partial charge in [-0.1, -0.05) is 0 Å². The fraction of sp³-hybridized carbons (Fsp3) is 0.318. The van der Waals surface area contributed by atoms with Crippen LogP contribution in [-0.4, -0.2) is 29.5 Å². The number of hydrogen-bond acceptors (Lipinski definition) is 5. The van der Waals surface area contributed by atoms with E-state index in [0.717, 1.165) is 25.3 Å². The van der Waals surface area contributed by atoms with Crippen molar-refractivity contribution in [3.8, 4) is 5.75 Å². The fourth-order valence-electron chi connectivity index (χ4n) is 4.66. The molecule has 1 aromatic carbocycles. The van der Waals surface area contributed by atoms with Gasteiger partial charge in [0.15, 0.2) is 17.0 Å². The van der Waals surface area contributed by atoms with Gasteiger partial charge in [-0.2, -0.15) is 4.39 Å². The number of rotatable bonds is 4. The maximum Gasteiger partial charge on any atom is 0.268 e. The van der Waals surface area contributed by atoms with E-state index in [9.17, 15) is 18.4 Å². The van der Waals surface area contributed by atoms with E-state index in [1.165, 1.54) is 25.4 Å². The SMILES string of the molecule is COc1c(N2CC3(CC3)CC2c2cc(=O)c3c(C(N)=O)nccc3[nH]2)ccc(F)c1F. The number of nitrogens with two attached hydrogens (primary N) is 1. The number of halogens is 2. The lowest BCUT2D eigenvalue weighted by molar-refractivity contribution is 0.0997. The van der Waals surface area contributed by atoms with E-state index >= 15 is 0 Å². The van der Waals surface area contributed by atoms with Crippen LogP contribution in [0.4, 0.5) is 14.5 Å². The van der Waals surface area contributed by atoms with Crippen molar-refractivity contribution in [2.24, 2.45) is 11.1 Å². The van der Waals surface area contributed by atoms with Crippen molar-refractivity contribution in [1.29, 1.82) is 0 Å². The maximum atomic E-state index is 14.4. The molecule has 1 aliphatic heterocycles. The summed E-state index contributed by atoms with van der Waals surface area (Å²) in [7, 11) is 1.30. The predicted molar refractivity (Wildman–Crippen MR) is 110 cm³/mol. The van der Waals surface area contributed by atoms with Crippen LogP contribution in [0.25, 0.3) is 10.9 Å². The molecular formula is C22H20F2N4O3. The van der Waals surface area contributed by atoms with E-state index in [0.29, 0.717) is 23.4 Å². The Morgan fingerprint density at radius 3 is 2.77 bits per heavy atom. The van der Waals surface area contributed by atoms with Gasteiger partial charge in [0.05, 0.1) is 29.7 Å². The Morgan fingerprint density at radius 1 is 1.32 bits per heavy atom. The molecule has 1 atom stereocenters. The highest BCUT2D eigenvalue weighted by atomic mass is 19.2. The average Bonchev–Trinajstić information content (AvgIpc) is 3.39. The Labute approximate surface area is 175 Å². The predicted octanol–water partition coefficient (Wildman–Crippen LogP) is 3.04. The number of carbonyl (C=O) groups excluding carboxylic acids is 1. The Balaban J connectivity index is 1.66. The summed E-state index contributed by atoms with van der Waals surface area (Å²) in [6.07, 6.45) is 4.22. The number of hydrogen-bond donors (Lipinski definition) is 2. The molecule has 3 aromatic rings. The van der Waals surface area contributed by atoms with E-state index < -0.39 is 17.5 Å². The van der Waals surface area contributed by atoms with Crippen molar-refractivity contribution in [3.63, 3.8) is 0 Å². The van der Waals surface area contributed by atoms with Gasteiger partial charge in [0, 0.05) is 24.5 Å². The lowest BCUT2D eigenvalue weighted by Gasteiger charge is -2.28. The van der Waals surface area contributed by atoms with E-state index in [-0.39, 0.29) is 33.7 Å². The number of aromatic nitrogens is 2. The number of ether oxygens (including phenoxy) is 1. The van der Waals surface area contributed by atoms with Crippen molar-refractivity contribution >= 4 is 22.5 Å². The van der Waals surface area contributed by atoms with Gasteiger partial charge in [-0.15, -0.1) is 0 Å². The minimum atomic E-state index is -1.04. The average molecular weight is 426 g/mol. The summed E-state index contributed by atoms with van der Waals surface area (Å²) >= 11 is 0. The third-order valence-corrected chi connectivity index (χ3v) is 6.36. The van der Waals surface area contributed by atoms with Crippen molar-refractivity contribution in [2.75, 3.05) is 18.6 Å². The van der Waals surface area contributed by atoms with E-state index in [2.05, 4.69) is 9.97 Å². The van der Waals surface area contributed by atoms with Crippen molar-refractivity contribution in [1.82, 2.24) is 9.97 Å². The third kappa shape index (κ3) is 3.03. The first kappa shape index (κ1) is 19.5. The molecule has 2 aromatic heterocycles. The summed E-state index contributed by atoms with van der Waals surface area (Å²) < 4.78 is 33.4. The zero-order valence-electron chi connectivity index (χ0n) is 16.7. The minimum absolute atomic E-state index is 0.0724. The smallest absolute Gasteiger partial charge is 0.268 e. The van der Waals surface area contributed by atoms with E-state index in [1.54, 1.807) is 6.07 Å². The topological polar surface area (TPSA) is 101 Å². The number of anilines is 1. The number of aromatic amines is 1. The molecule has 1 saturated carbocycles. The molecule has 1 saturated heterocycles. The van der Waals surface area contributed by atoms with Crippen LogP contribution in [0.3, 0.4) is 0 Å². The number of fused-ring (bicyclic) bond motifs is 1. The molecule has 0 bridgehead atoms. The molecule has 9 heteroatoms. The van der Waals surface area contributed by atoms with Gasteiger partial charge in [-0.05, 0) is 42.9 Å². The quantitative estimate of drug-likeness (QED) is 0.668. The van der Waals surface area contributed by atoms with Gasteiger partial charge in [-0.25, -0.2) is 4.39 Å². The van der Waals surface area contributed by atoms with Gasteiger partial charge < -0.3 is 20.4 Å². The van der Waals surface area contributed by atoms with Crippen LogP contribution in [0.5, 0.6) is 5.75 Å². The van der Waals surface area contributed by atoms with Crippen LogP contribution in [-0.2, 0) is 0 Å². The maximum absolute atomic E-state index is 14.4. The number of benzene rings is 1. The number of pyridine rings is 2. The number of primary amides is 1. The molecule has 5 rings (SSSR count). The van der Waals surface area contributed by atoms with Gasteiger partial charge in [0.25, 0.3) is 5.91 Å². The molecule has 1 unspecified atom stereocenters. The molecule has 160 valence electrons. The normalized spacial score (nSPS) is 19.2. The molecule has 3 N–H and O–H groups in total. The number of methoxy groups -OCH3 is 1. The van der Waals surface area contributed by atoms with Crippen LogP contribution in [0, 0.1) is 17.0 Å². The van der Waals surface area contributed by atoms with Crippen molar-refractivity contribution in [2.45, 2.75) is 25.3 Å². The lowest BCUT2D eigenvalue weighted by atomic mass is 10.0. The lowest BCUT2D eigenvalue weighted by Crippen LogP contribution is -2.26. The third-order valence-electron chi connectivity index (χ3n) is 6.36. The largest absolute Gasteiger partial charge is 0.491 e. The Morgan fingerprint density at radius 2 is 2.10 bits per heavy atom. The van der Waals surface area contributed by atoms with E-state index in [4.69, 9.17) is 10.5 Å². The molecule has 1 spiro atoms. The molecule has 3 heterocycles. The molecular weight excluding hydrogens is 406 g/mol. The minimum Gasteiger partial charge on any atom is -0.491 e. The number of amides is 1. The molecule has 31 heavy (non-hydrogen) atoms. The first-order valence-electron chi connectivity index (χ1n) is 9.94. The highest BCUT2D eigenvalue weighted by Crippen LogP contribution is 2.60. The molecule has 1 aliphatic carbocycles. The van der Waals surface area contributed by atoms with Crippen molar-refractivity contribution in [3.05, 3.63) is 63.7 Å². The first-order chi connectivity index (χ1) is 14.8. The highest BCUT2D eigenvalue weighted by Gasteiger charge is 2.53. The van der Waals surface area contributed by atoms with E-state index in [1.807, 2.05) is 4.90 Å². The Bertz CT molecular complexity index is 1290. The fourth-order valence-corrected chi connectivity index (χ4v) is 4.66. The van der Waals surface area contributed by atoms with Crippen molar-refractivity contribution < 1.29 is 18.3 Å². The summed E-state index contributed by atoms with van der Waals surface area (Å²) in [6, 6.07) is 5.35. The number of H-pyrrole nitrogens is 1. The zero-order chi connectivity index (χ0) is 21.9. The number of nitrogens with zero attached hydrogens (tertiary/aromatic N) is 2. The standard InChI is InChI=1S/C22H20F2N4O3/c1-31-20-14(3-2-11(23)18(20)24)28-10-22(5-6-22)9-15(28)13-8-16(29)17-12(27-13)4-7-26-19(17)21(25)30/h2-4,7-8,15H,5-6,9-10H2,1H3,(H2,25,30)(H,27,29). The van der Waals surface area contributed by atoms with Crippen LogP contribution in [0.2, 0.25) is 0 Å². The summed E-state index contributed by atoms with van der Waals surface area (Å²) in [5, 5.41) is 0.134. The monoisotopic (exact) mass is 426 g/mol. The van der Waals surface area contributed by atoms with Crippen LogP contribution < -0.4 is 20.8 Å². The molecule has 1 amide bonds. The second-order valence-electron chi connectivity index (χ2n) is 8.30. The summed E-state index contributed by atoms with van der Waals surface area (Å²) in [4.78, 5) is 33.7. The zero-order valence-corrected chi connectivity index (χ0v) is 16.7. The van der Waals surface area contributed by atoms with Gasteiger partial charge in [-0.3, -0.25) is 14.6 Å². The first-order valence-corrected chi connectivity index (χ1v) is 9.94. The highest BCUT2D eigenvalue weighted by molar-refractivity contribution is 6.03. The Hall–Kier alpha value is -3.49. The van der Waals surface area contributed by atoms with Gasteiger partial charge in [0.2, 0.25) is 5.82 Å². The molecule has 2 fully saturated rings. The van der Waals surface area contributed by atoms with Crippen LogP contribution >= 0.6 is 0 Å². The number of carbonyl (C=O) groups is 1.